The van der Waals surface area contributed by atoms with Crippen molar-refractivity contribution in [2.24, 2.45) is 11.8 Å². The summed E-state index contributed by atoms with van der Waals surface area (Å²) in [5.74, 6) is 0.719. The predicted octanol–water partition coefficient (Wildman–Crippen LogP) is 0.911. The van der Waals surface area contributed by atoms with Crippen LogP contribution in [0.15, 0.2) is 0 Å². The van der Waals surface area contributed by atoms with Crippen LogP contribution in [-0.2, 0) is 9.59 Å². The maximum Gasteiger partial charge on any atom is 0.225 e. The Labute approximate surface area is 120 Å². The van der Waals surface area contributed by atoms with Gasteiger partial charge in [0.1, 0.15) is 0 Å². The Kier molecular flexibility index (Phi) is 5.02. The van der Waals surface area contributed by atoms with Crippen molar-refractivity contribution < 1.29 is 14.7 Å². The molecule has 2 fully saturated rings. The number of hydrogen-bond acceptors (Lipinski definition) is 3. The van der Waals surface area contributed by atoms with Gasteiger partial charge in [0.2, 0.25) is 11.8 Å². The van der Waals surface area contributed by atoms with E-state index in [0.29, 0.717) is 18.8 Å². The third-order valence-electron chi connectivity index (χ3n) is 4.65. The molecular weight excluding hydrogens is 256 g/mol. The third-order valence-corrected chi connectivity index (χ3v) is 4.65. The lowest BCUT2D eigenvalue weighted by molar-refractivity contribution is -0.139. The molecule has 5 heteroatoms. The van der Waals surface area contributed by atoms with E-state index in [9.17, 15) is 14.7 Å². The van der Waals surface area contributed by atoms with Gasteiger partial charge in [-0.15, -0.1) is 0 Å². The molecule has 2 aliphatic rings. The summed E-state index contributed by atoms with van der Waals surface area (Å²) in [5, 5.41) is 12.7. The van der Waals surface area contributed by atoms with Gasteiger partial charge in [0.15, 0.2) is 0 Å². The normalized spacial score (nSPS) is 31.9. The Morgan fingerprint density at radius 2 is 1.80 bits per heavy atom. The molecule has 0 bridgehead atoms. The molecule has 0 spiro atoms. The SMILES string of the molecule is CC(=O)N[C@@H]1C[C@@H](C(=O)N2CCC(C)CC2)CC[C@H]1O. The zero-order chi connectivity index (χ0) is 14.7. The van der Waals surface area contributed by atoms with Crippen molar-refractivity contribution >= 4 is 11.8 Å². The molecule has 0 unspecified atom stereocenters. The average Bonchev–Trinajstić information content (AvgIpc) is 2.41. The highest BCUT2D eigenvalue weighted by Crippen LogP contribution is 2.28. The Bertz CT molecular complexity index is 364. The fourth-order valence-corrected chi connectivity index (χ4v) is 3.28. The largest absolute Gasteiger partial charge is 0.391 e. The molecular formula is C15H26N2O3. The van der Waals surface area contributed by atoms with Crippen LogP contribution in [0.3, 0.4) is 0 Å². The summed E-state index contributed by atoms with van der Waals surface area (Å²) in [5.41, 5.74) is 0. The standard InChI is InChI=1S/C15H26N2O3/c1-10-5-7-17(8-6-10)15(20)12-3-4-14(19)13(9-12)16-11(2)18/h10,12-14,19H,3-9H2,1-2H3,(H,16,18)/t12-,13+,14+/m0/s1. The number of likely N-dealkylation sites (tertiary alicyclic amines) is 1. The lowest BCUT2D eigenvalue weighted by atomic mass is 9.82. The van der Waals surface area contributed by atoms with E-state index in [1.54, 1.807) is 0 Å². The van der Waals surface area contributed by atoms with E-state index >= 15 is 0 Å². The summed E-state index contributed by atoms with van der Waals surface area (Å²) in [7, 11) is 0. The lowest BCUT2D eigenvalue weighted by Crippen LogP contribution is -2.50. The molecule has 0 aromatic heterocycles. The zero-order valence-corrected chi connectivity index (χ0v) is 12.5. The quantitative estimate of drug-likeness (QED) is 0.791. The number of aliphatic hydroxyl groups is 1. The Morgan fingerprint density at radius 1 is 1.15 bits per heavy atom. The van der Waals surface area contributed by atoms with Gasteiger partial charge in [-0.05, 0) is 38.0 Å². The van der Waals surface area contributed by atoms with Crippen LogP contribution in [0, 0.1) is 11.8 Å². The summed E-state index contributed by atoms with van der Waals surface area (Å²) >= 11 is 0. The third kappa shape index (κ3) is 3.72. The first-order chi connectivity index (χ1) is 9.47. The Hall–Kier alpha value is -1.10. The number of nitrogens with zero attached hydrogens (tertiary/aromatic N) is 1. The Morgan fingerprint density at radius 3 is 2.40 bits per heavy atom. The topological polar surface area (TPSA) is 69.6 Å². The van der Waals surface area contributed by atoms with Gasteiger partial charge in [-0.3, -0.25) is 9.59 Å². The summed E-state index contributed by atoms with van der Waals surface area (Å²) in [6.45, 7) is 5.38. The molecule has 2 N–H and O–H groups in total. The number of carbonyl (C=O) groups excluding carboxylic acids is 2. The van der Waals surface area contributed by atoms with Gasteiger partial charge in [-0.1, -0.05) is 6.92 Å². The van der Waals surface area contributed by atoms with Crippen molar-refractivity contribution in [3.8, 4) is 0 Å². The first-order valence-corrected chi connectivity index (χ1v) is 7.71. The number of piperidine rings is 1. The minimum Gasteiger partial charge on any atom is -0.391 e. The van der Waals surface area contributed by atoms with E-state index in [0.717, 1.165) is 32.4 Å². The molecule has 1 aliphatic carbocycles. The van der Waals surface area contributed by atoms with Crippen molar-refractivity contribution in [2.45, 2.75) is 58.1 Å². The molecule has 2 rings (SSSR count). The highest BCUT2D eigenvalue weighted by molar-refractivity contribution is 5.79. The van der Waals surface area contributed by atoms with Gasteiger partial charge in [0, 0.05) is 25.9 Å². The average molecular weight is 282 g/mol. The summed E-state index contributed by atoms with van der Waals surface area (Å²) < 4.78 is 0. The molecule has 1 saturated carbocycles. The molecule has 0 aromatic rings. The van der Waals surface area contributed by atoms with Crippen LogP contribution in [0.1, 0.15) is 46.0 Å². The van der Waals surface area contributed by atoms with Gasteiger partial charge in [-0.2, -0.15) is 0 Å². The van der Waals surface area contributed by atoms with E-state index in [2.05, 4.69) is 12.2 Å². The highest BCUT2D eigenvalue weighted by Gasteiger charge is 2.35. The zero-order valence-electron chi connectivity index (χ0n) is 12.5. The van der Waals surface area contributed by atoms with E-state index in [1.165, 1.54) is 6.92 Å². The van der Waals surface area contributed by atoms with Gasteiger partial charge < -0.3 is 15.3 Å². The second-order valence-electron chi connectivity index (χ2n) is 6.39. The molecule has 1 heterocycles. The molecule has 1 aliphatic heterocycles. The van der Waals surface area contributed by atoms with E-state index in [-0.39, 0.29) is 23.8 Å². The number of nitrogens with one attached hydrogen (secondary N) is 1. The smallest absolute Gasteiger partial charge is 0.225 e. The number of aliphatic hydroxyl groups excluding tert-OH is 1. The van der Waals surface area contributed by atoms with Gasteiger partial charge >= 0.3 is 0 Å². The maximum atomic E-state index is 12.5. The molecule has 114 valence electrons. The molecule has 5 nitrogen and oxygen atoms in total. The predicted molar refractivity (Wildman–Crippen MR) is 75.9 cm³/mol. The monoisotopic (exact) mass is 282 g/mol. The second kappa shape index (κ2) is 6.57. The van der Waals surface area contributed by atoms with E-state index < -0.39 is 6.10 Å². The summed E-state index contributed by atoms with van der Waals surface area (Å²) in [6, 6.07) is -0.279. The van der Waals surface area contributed by atoms with Crippen molar-refractivity contribution in [1.29, 1.82) is 0 Å². The second-order valence-corrected chi connectivity index (χ2v) is 6.39. The van der Waals surface area contributed by atoms with Crippen molar-refractivity contribution in [3.05, 3.63) is 0 Å². The minimum absolute atomic E-state index is 0.0522. The van der Waals surface area contributed by atoms with Crippen LogP contribution in [0.25, 0.3) is 0 Å². The first kappa shape index (κ1) is 15.3. The van der Waals surface area contributed by atoms with Crippen LogP contribution < -0.4 is 5.32 Å². The van der Waals surface area contributed by atoms with Gasteiger partial charge in [-0.25, -0.2) is 0 Å². The number of amides is 2. The lowest BCUT2D eigenvalue weighted by Gasteiger charge is -2.37. The molecule has 0 aromatic carbocycles. The van der Waals surface area contributed by atoms with Gasteiger partial charge in [0.25, 0.3) is 0 Å². The van der Waals surface area contributed by atoms with Crippen LogP contribution >= 0.6 is 0 Å². The summed E-state index contributed by atoms with van der Waals surface area (Å²) in [4.78, 5) is 25.6. The Balaban J connectivity index is 1.91. The number of carbonyl (C=O) groups is 2. The highest BCUT2D eigenvalue weighted by atomic mass is 16.3. The van der Waals surface area contributed by atoms with Crippen LogP contribution in [0.2, 0.25) is 0 Å². The van der Waals surface area contributed by atoms with Crippen LogP contribution in [0.5, 0.6) is 0 Å². The fraction of sp³-hybridized carbons (Fsp3) is 0.867. The summed E-state index contributed by atoms with van der Waals surface area (Å²) in [6.07, 6.45) is 3.51. The molecule has 0 radical (unpaired) electrons. The van der Waals surface area contributed by atoms with Crippen molar-refractivity contribution in [2.75, 3.05) is 13.1 Å². The van der Waals surface area contributed by atoms with Crippen LogP contribution in [0.4, 0.5) is 0 Å². The van der Waals surface area contributed by atoms with E-state index in [1.807, 2.05) is 4.90 Å². The van der Waals surface area contributed by atoms with Crippen molar-refractivity contribution in [1.82, 2.24) is 10.2 Å². The van der Waals surface area contributed by atoms with Crippen LogP contribution in [-0.4, -0.2) is 47.1 Å². The minimum atomic E-state index is -0.524. The van der Waals surface area contributed by atoms with E-state index in [4.69, 9.17) is 0 Å². The number of hydrogen-bond donors (Lipinski definition) is 2. The maximum absolute atomic E-state index is 12.5. The number of rotatable bonds is 2. The van der Waals surface area contributed by atoms with Gasteiger partial charge in [0.05, 0.1) is 12.1 Å². The molecule has 3 atom stereocenters. The first-order valence-electron chi connectivity index (χ1n) is 7.71. The van der Waals surface area contributed by atoms with Crippen molar-refractivity contribution in [3.63, 3.8) is 0 Å². The fourth-order valence-electron chi connectivity index (χ4n) is 3.28. The molecule has 1 saturated heterocycles. The molecule has 2 amide bonds. The molecule has 20 heavy (non-hydrogen) atoms.